The molecule has 21 heavy (non-hydrogen) atoms. The lowest BCUT2D eigenvalue weighted by Gasteiger charge is -2.36. The molecule has 5 nitrogen and oxygen atoms in total. The van der Waals surface area contributed by atoms with E-state index in [-0.39, 0.29) is 0 Å². The average molecular weight is 283 g/mol. The summed E-state index contributed by atoms with van der Waals surface area (Å²) < 4.78 is 13.2. The number of hydrogen-bond donors (Lipinski definition) is 0. The van der Waals surface area contributed by atoms with Crippen molar-refractivity contribution in [2.75, 3.05) is 36.0 Å². The van der Waals surface area contributed by atoms with Crippen molar-refractivity contribution in [2.45, 2.75) is 0 Å². The highest BCUT2D eigenvalue weighted by Crippen LogP contribution is 2.21. The second kappa shape index (κ2) is 5.75. The van der Waals surface area contributed by atoms with Crippen molar-refractivity contribution in [3.8, 4) is 6.07 Å². The molecule has 0 aliphatic carbocycles. The lowest BCUT2D eigenvalue weighted by Crippen LogP contribution is -2.47. The second-order valence-corrected chi connectivity index (χ2v) is 4.80. The normalized spacial score (nSPS) is 14.9. The first-order valence-electron chi connectivity index (χ1n) is 6.74. The van der Waals surface area contributed by atoms with Crippen LogP contribution in [0, 0.1) is 17.3 Å². The summed E-state index contributed by atoms with van der Waals surface area (Å²) in [6, 6.07) is 8.95. The molecule has 0 N–H and O–H groups in total. The van der Waals surface area contributed by atoms with E-state index in [1.54, 1.807) is 24.4 Å². The van der Waals surface area contributed by atoms with E-state index in [1.807, 2.05) is 0 Å². The molecule has 3 rings (SSSR count). The number of anilines is 2. The van der Waals surface area contributed by atoms with E-state index < -0.39 is 5.95 Å². The van der Waals surface area contributed by atoms with Gasteiger partial charge in [-0.15, -0.1) is 0 Å². The van der Waals surface area contributed by atoms with Gasteiger partial charge in [0, 0.05) is 50.3 Å². The Bertz CT molecular complexity index is 674. The van der Waals surface area contributed by atoms with Crippen LogP contribution >= 0.6 is 0 Å². The summed E-state index contributed by atoms with van der Waals surface area (Å²) in [6.45, 7) is 3.00. The number of nitriles is 1. The smallest absolute Gasteiger partial charge is 0.214 e. The van der Waals surface area contributed by atoms with Crippen LogP contribution in [0.2, 0.25) is 0 Å². The van der Waals surface area contributed by atoms with Crippen LogP contribution in [0.15, 0.2) is 36.7 Å². The molecule has 0 unspecified atom stereocenters. The summed E-state index contributed by atoms with van der Waals surface area (Å²) in [5.74, 6) is 0.256. The molecule has 0 atom stereocenters. The highest BCUT2D eigenvalue weighted by Gasteiger charge is 2.20. The quantitative estimate of drug-likeness (QED) is 0.787. The predicted octanol–water partition coefficient (Wildman–Crippen LogP) is 1.81. The fraction of sp³-hybridized carbons (Fsp3) is 0.267. The van der Waals surface area contributed by atoms with Crippen molar-refractivity contribution < 1.29 is 4.39 Å². The van der Waals surface area contributed by atoms with E-state index in [1.165, 1.54) is 12.3 Å². The third kappa shape index (κ3) is 2.77. The first-order valence-corrected chi connectivity index (χ1v) is 6.74. The summed E-state index contributed by atoms with van der Waals surface area (Å²) in [7, 11) is 0. The number of aromatic nitrogens is 2. The van der Waals surface area contributed by atoms with Crippen molar-refractivity contribution in [3.05, 3.63) is 48.2 Å². The molecule has 6 heteroatoms. The summed E-state index contributed by atoms with van der Waals surface area (Å²) in [6.07, 6.45) is 3.17. The average Bonchev–Trinajstić information content (AvgIpc) is 2.55. The molecule has 1 saturated heterocycles. The van der Waals surface area contributed by atoms with Crippen LogP contribution in [-0.4, -0.2) is 36.1 Å². The maximum Gasteiger partial charge on any atom is 0.214 e. The van der Waals surface area contributed by atoms with Crippen molar-refractivity contribution >= 4 is 11.5 Å². The molecule has 0 spiro atoms. The molecule has 0 amide bonds. The van der Waals surface area contributed by atoms with Crippen LogP contribution in [0.5, 0.6) is 0 Å². The molecule has 0 aromatic carbocycles. The van der Waals surface area contributed by atoms with Gasteiger partial charge in [0.2, 0.25) is 5.95 Å². The lowest BCUT2D eigenvalue weighted by molar-refractivity contribution is 0.580. The summed E-state index contributed by atoms with van der Waals surface area (Å²) in [5, 5.41) is 9.13. The third-order valence-corrected chi connectivity index (χ3v) is 3.56. The molecule has 2 aromatic rings. The molecule has 2 aromatic heterocycles. The van der Waals surface area contributed by atoms with Crippen LogP contribution in [0.4, 0.5) is 15.9 Å². The number of rotatable bonds is 2. The van der Waals surface area contributed by atoms with Gasteiger partial charge < -0.3 is 9.80 Å². The highest BCUT2D eigenvalue weighted by atomic mass is 19.1. The minimum absolute atomic E-state index is 0.466. The predicted molar refractivity (Wildman–Crippen MR) is 77.6 cm³/mol. The van der Waals surface area contributed by atoms with Gasteiger partial charge in [-0.05, 0) is 18.2 Å². The molecule has 0 bridgehead atoms. The number of nitrogens with zero attached hydrogens (tertiary/aromatic N) is 5. The van der Waals surface area contributed by atoms with Gasteiger partial charge in [-0.3, -0.25) is 0 Å². The van der Waals surface area contributed by atoms with Gasteiger partial charge in [-0.2, -0.15) is 9.65 Å². The largest absolute Gasteiger partial charge is 0.368 e. The topological polar surface area (TPSA) is 56.1 Å². The van der Waals surface area contributed by atoms with E-state index in [4.69, 9.17) is 5.26 Å². The van der Waals surface area contributed by atoms with Gasteiger partial charge >= 0.3 is 0 Å². The Hall–Kier alpha value is -2.68. The molecule has 1 aliphatic heterocycles. The summed E-state index contributed by atoms with van der Waals surface area (Å²) in [4.78, 5) is 12.1. The summed E-state index contributed by atoms with van der Waals surface area (Å²) >= 11 is 0. The van der Waals surface area contributed by atoms with Gasteiger partial charge in [0.1, 0.15) is 11.9 Å². The number of hydrogen-bond acceptors (Lipinski definition) is 5. The molecule has 1 aliphatic rings. The fourth-order valence-corrected chi connectivity index (χ4v) is 2.50. The van der Waals surface area contributed by atoms with E-state index in [9.17, 15) is 4.39 Å². The highest BCUT2D eigenvalue weighted by molar-refractivity contribution is 5.55. The standard InChI is InChI=1S/C15H14FN5/c16-14-10-13(3-5-18-14)20-6-8-21(9-7-20)15-12(11-17)2-1-4-19-15/h1-5,10H,6-9H2. The second-order valence-electron chi connectivity index (χ2n) is 4.80. The zero-order valence-electron chi connectivity index (χ0n) is 11.4. The Morgan fingerprint density at radius 1 is 1.05 bits per heavy atom. The summed E-state index contributed by atoms with van der Waals surface area (Å²) in [5.41, 5.74) is 1.42. The fourth-order valence-electron chi connectivity index (χ4n) is 2.50. The first-order chi connectivity index (χ1) is 10.3. The maximum atomic E-state index is 13.2. The van der Waals surface area contributed by atoms with E-state index in [0.717, 1.165) is 37.7 Å². The van der Waals surface area contributed by atoms with E-state index in [2.05, 4.69) is 25.8 Å². The molecule has 0 radical (unpaired) electrons. The van der Waals surface area contributed by atoms with Crippen LogP contribution < -0.4 is 9.80 Å². The zero-order chi connectivity index (χ0) is 14.7. The van der Waals surface area contributed by atoms with Gasteiger partial charge in [-0.1, -0.05) is 0 Å². The van der Waals surface area contributed by atoms with Crippen molar-refractivity contribution in [1.82, 2.24) is 9.97 Å². The molecular formula is C15H14FN5. The Morgan fingerprint density at radius 2 is 1.81 bits per heavy atom. The SMILES string of the molecule is N#Cc1cccnc1N1CCN(c2ccnc(F)c2)CC1. The number of pyridine rings is 2. The van der Waals surface area contributed by atoms with Crippen molar-refractivity contribution in [1.29, 1.82) is 5.26 Å². The number of halogens is 1. The Balaban J connectivity index is 1.72. The lowest BCUT2D eigenvalue weighted by atomic mass is 10.2. The van der Waals surface area contributed by atoms with Crippen LogP contribution in [0.1, 0.15) is 5.56 Å². The molecule has 3 heterocycles. The minimum Gasteiger partial charge on any atom is -0.368 e. The molecule has 1 fully saturated rings. The van der Waals surface area contributed by atoms with Gasteiger partial charge in [-0.25, -0.2) is 9.97 Å². The minimum atomic E-state index is -0.466. The van der Waals surface area contributed by atoms with Crippen LogP contribution in [0.25, 0.3) is 0 Å². The molecular weight excluding hydrogens is 269 g/mol. The number of piperazine rings is 1. The monoisotopic (exact) mass is 283 g/mol. The van der Waals surface area contributed by atoms with Gasteiger partial charge in [0.15, 0.2) is 0 Å². The molecule has 106 valence electrons. The van der Waals surface area contributed by atoms with Crippen LogP contribution in [0.3, 0.4) is 0 Å². The van der Waals surface area contributed by atoms with Crippen molar-refractivity contribution in [3.63, 3.8) is 0 Å². The Labute approximate surface area is 122 Å². The van der Waals surface area contributed by atoms with E-state index in [0.29, 0.717) is 5.56 Å². The Morgan fingerprint density at radius 3 is 2.52 bits per heavy atom. The van der Waals surface area contributed by atoms with Crippen LogP contribution in [-0.2, 0) is 0 Å². The van der Waals surface area contributed by atoms with Crippen molar-refractivity contribution in [2.24, 2.45) is 0 Å². The first kappa shape index (κ1) is 13.3. The van der Waals surface area contributed by atoms with Gasteiger partial charge in [0.05, 0.1) is 5.56 Å². The maximum absolute atomic E-state index is 13.2. The third-order valence-electron chi connectivity index (χ3n) is 3.56. The Kier molecular flexibility index (Phi) is 3.65. The molecule has 0 saturated carbocycles. The van der Waals surface area contributed by atoms with E-state index >= 15 is 0 Å². The van der Waals surface area contributed by atoms with Gasteiger partial charge in [0.25, 0.3) is 0 Å². The zero-order valence-corrected chi connectivity index (χ0v) is 11.4.